The van der Waals surface area contributed by atoms with Crippen molar-refractivity contribution in [2.45, 2.75) is 72.6 Å². The zero-order chi connectivity index (χ0) is 21.1. The number of pyridine rings is 2. The summed E-state index contributed by atoms with van der Waals surface area (Å²) in [6.07, 6.45) is 4.98. The Balaban J connectivity index is 1.84. The Morgan fingerprint density at radius 3 is 2.28 bits per heavy atom. The molecule has 0 aliphatic carbocycles. The molecular weight excluding hydrogens is 356 g/mol. The maximum Gasteiger partial charge on any atom is 0.137 e. The monoisotopic (exact) mass is 388 g/mol. The van der Waals surface area contributed by atoms with Gasteiger partial charge in [-0.05, 0) is 49.2 Å². The highest BCUT2D eigenvalue weighted by Gasteiger charge is 2.25. The molecule has 0 aliphatic heterocycles. The number of aryl methyl sites for hydroxylation is 2. The van der Waals surface area contributed by atoms with Crippen LogP contribution in [0.2, 0.25) is 0 Å². The molecule has 4 heteroatoms. The molecule has 4 nitrogen and oxygen atoms in total. The lowest BCUT2D eigenvalue weighted by Gasteiger charge is -2.21. The minimum atomic E-state index is 0.00979. The highest BCUT2D eigenvalue weighted by atomic mass is 15.0. The lowest BCUT2D eigenvalue weighted by molar-refractivity contribution is 0.556. The summed E-state index contributed by atoms with van der Waals surface area (Å²) in [4.78, 5) is 9.74. The van der Waals surface area contributed by atoms with Crippen LogP contribution in [0.4, 0.5) is 0 Å². The zero-order valence-corrected chi connectivity index (χ0v) is 19.0. The molecule has 0 spiro atoms. The molecule has 0 aromatic carbocycles. The Kier molecular flexibility index (Phi) is 4.38. The molecule has 4 aromatic rings. The maximum absolute atomic E-state index is 5.03. The molecule has 0 unspecified atom stereocenters. The largest absolute Gasteiger partial charge is 0.303 e. The number of imidazole rings is 2. The van der Waals surface area contributed by atoms with Crippen LogP contribution in [0.25, 0.3) is 11.3 Å². The Morgan fingerprint density at radius 2 is 1.62 bits per heavy atom. The highest BCUT2D eigenvalue weighted by molar-refractivity contribution is 5.51. The number of aromatic nitrogens is 4. The van der Waals surface area contributed by atoms with E-state index in [9.17, 15) is 0 Å². The molecule has 0 fully saturated rings. The molecule has 0 bridgehead atoms. The van der Waals surface area contributed by atoms with Gasteiger partial charge in [0, 0.05) is 41.0 Å². The van der Waals surface area contributed by atoms with E-state index in [2.05, 4.69) is 94.7 Å². The summed E-state index contributed by atoms with van der Waals surface area (Å²) in [5.74, 6) is 0. The fourth-order valence-electron chi connectivity index (χ4n) is 4.32. The van der Waals surface area contributed by atoms with E-state index in [1.54, 1.807) is 0 Å². The van der Waals surface area contributed by atoms with Crippen molar-refractivity contribution >= 4 is 11.3 Å². The Morgan fingerprint density at radius 1 is 0.897 bits per heavy atom. The predicted molar refractivity (Wildman–Crippen MR) is 120 cm³/mol. The van der Waals surface area contributed by atoms with Gasteiger partial charge >= 0.3 is 0 Å². The number of nitrogens with zero attached hydrogens (tertiary/aromatic N) is 4. The van der Waals surface area contributed by atoms with Gasteiger partial charge in [0.1, 0.15) is 11.3 Å². The number of hydrogen-bond acceptors (Lipinski definition) is 2. The molecule has 0 radical (unpaired) electrons. The molecule has 4 rings (SSSR count). The van der Waals surface area contributed by atoms with Crippen LogP contribution in [0.15, 0.2) is 36.7 Å². The van der Waals surface area contributed by atoms with Gasteiger partial charge in [0.2, 0.25) is 0 Å². The molecule has 152 valence electrons. The quantitative estimate of drug-likeness (QED) is 0.436. The van der Waals surface area contributed by atoms with Crippen LogP contribution in [-0.4, -0.2) is 18.8 Å². The van der Waals surface area contributed by atoms with Crippen LogP contribution in [0.5, 0.6) is 0 Å². The van der Waals surface area contributed by atoms with Crippen LogP contribution < -0.4 is 0 Å². The van der Waals surface area contributed by atoms with Gasteiger partial charge in [0.15, 0.2) is 0 Å². The van der Waals surface area contributed by atoms with E-state index in [1.807, 2.05) is 6.20 Å². The van der Waals surface area contributed by atoms with Crippen molar-refractivity contribution in [3.05, 3.63) is 70.6 Å². The number of rotatable bonds is 2. The first-order chi connectivity index (χ1) is 13.4. The summed E-state index contributed by atoms with van der Waals surface area (Å²) in [5.41, 5.74) is 9.50. The zero-order valence-electron chi connectivity index (χ0n) is 19.0. The van der Waals surface area contributed by atoms with Crippen LogP contribution in [0, 0.1) is 13.8 Å². The first kappa shape index (κ1) is 19.7. The average Bonchev–Trinajstić information content (AvgIpc) is 3.14. The standard InChI is InChI=1S/C25H32N4/c1-16-9-10-28-22(11-16)27-19(23(28)25(6,7)8)13-18-12-17(2)29-20(24(3,4)5)15-26-21(29)14-18/h9-12,14-15H,13H2,1-8H3. The normalized spacial score (nSPS) is 13.0. The van der Waals surface area contributed by atoms with Gasteiger partial charge in [-0.25, -0.2) is 9.97 Å². The Hall–Kier alpha value is -2.62. The Bertz CT molecular complexity index is 1210. The third-order valence-electron chi connectivity index (χ3n) is 5.55. The van der Waals surface area contributed by atoms with Crippen molar-refractivity contribution in [1.29, 1.82) is 0 Å². The third kappa shape index (κ3) is 3.45. The Labute approximate surface area is 173 Å². The van der Waals surface area contributed by atoms with Gasteiger partial charge in [-0.2, -0.15) is 0 Å². The first-order valence-electron chi connectivity index (χ1n) is 10.4. The average molecular weight is 389 g/mol. The van der Waals surface area contributed by atoms with Gasteiger partial charge < -0.3 is 8.80 Å². The van der Waals surface area contributed by atoms with Crippen molar-refractivity contribution < 1.29 is 0 Å². The molecule has 0 aliphatic rings. The van der Waals surface area contributed by atoms with Gasteiger partial charge in [0.25, 0.3) is 0 Å². The molecule has 4 heterocycles. The van der Waals surface area contributed by atoms with Gasteiger partial charge in [-0.15, -0.1) is 0 Å². The summed E-state index contributed by atoms with van der Waals surface area (Å²) in [7, 11) is 0. The van der Waals surface area contributed by atoms with E-state index in [-0.39, 0.29) is 10.8 Å². The minimum Gasteiger partial charge on any atom is -0.303 e. The van der Waals surface area contributed by atoms with E-state index in [4.69, 9.17) is 9.97 Å². The van der Waals surface area contributed by atoms with E-state index in [0.717, 1.165) is 23.4 Å². The second-order valence-electron chi connectivity index (χ2n) is 10.4. The van der Waals surface area contributed by atoms with Gasteiger partial charge in [0.05, 0.1) is 11.4 Å². The van der Waals surface area contributed by atoms with Crippen molar-refractivity contribution in [3.63, 3.8) is 0 Å². The second kappa shape index (κ2) is 6.45. The van der Waals surface area contributed by atoms with Crippen LogP contribution in [0.3, 0.4) is 0 Å². The van der Waals surface area contributed by atoms with E-state index in [1.165, 1.54) is 28.2 Å². The molecular formula is C25H32N4. The molecule has 0 saturated heterocycles. The van der Waals surface area contributed by atoms with Crippen LogP contribution in [0.1, 0.15) is 75.4 Å². The van der Waals surface area contributed by atoms with Crippen molar-refractivity contribution in [2.24, 2.45) is 0 Å². The van der Waals surface area contributed by atoms with Gasteiger partial charge in [-0.1, -0.05) is 41.5 Å². The van der Waals surface area contributed by atoms with E-state index >= 15 is 0 Å². The summed E-state index contributed by atoms with van der Waals surface area (Å²) in [6, 6.07) is 8.81. The van der Waals surface area contributed by atoms with Crippen molar-refractivity contribution in [3.8, 4) is 0 Å². The predicted octanol–water partition coefficient (Wildman–Crippen LogP) is 5.78. The van der Waals surface area contributed by atoms with Crippen molar-refractivity contribution in [1.82, 2.24) is 18.8 Å². The molecule has 0 N–H and O–H groups in total. The lowest BCUT2D eigenvalue weighted by atomic mass is 9.89. The topological polar surface area (TPSA) is 34.6 Å². The fourth-order valence-corrected chi connectivity index (χ4v) is 4.32. The lowest BCUT2D eigenvalue weighted by Crippen LogP contribution is -2.17. The maximum atomic E-state index is 5.03. The second-order valence-corrected chi connectivity index (χ2v) is 10.4. The van der Waals surface area contributed by atoms with Crippen LogP contribution >= 0.6 is 0 Å². The van der Waals surface area contributed by atoms with E-state index in [0.29, 0.717) is 0 Å². The highest BCUT2D eigenvalue weighted by Crippen LogP contribution is 2.30. The third-order valence-corrected chi connectivity index (χ3v) is 5.55. The number of hydrogen-bond donors (Lipinski definition) is 0. The van der Waals surface area contributed by atoms with Crippen LogP contribution in [-0.2, 0) is 17.3 Å². The SMILES string of the molecule is Cc1ccn2c(C(C)(C)C)c(Cc3cc(C)n4c(C(C)(C)C)cnc4c3)nc2c1. The summed E-state index contributed by atoms with van der Waals surface area (Å²) in [5, 5.41) is 0. The molecule has 0 atom stereocenters. The number of fused-ring (bicyclic) bond motifs is 2. The van der Waals surface area contributed by atoms with Crippen molar-refractivity contribution in [2.75, 3.05) is 0 Å². The smallest absolute Gasteiger partial charge is 0.137 e. The summed E-state index contributed by atoms with van der Waals surface area (Å²) >= 11 is 0. The molecule has 0 saturated carbocycles. The summed E-state index contributed by atoms with van der Waals surface area (Å²) in [6.45, 7) is 17.8. The molecule has 29 heavy (non-hydrogen) atoms. The van der Waals surface area contributed by atoms with Gasteiger partial charge in [-0.3, -0.25) is 0 Å². The molecule has 0 amide bonds. The van der Waals surface area contributed by atoms with E-state index < -0.39 is 0 Å². The minimum absolute atomic E-state index is 0.00979. The fraction of sp³-hybridized carbons (Fsp3) is 0.440. The summed E-state index contributed by atoms with van der Waals surface area (Å²) < 4.78 is 4.53. The first-order valence-corrected chi connectivity index (χ1v) is 10.4. The molecule has 4 aromatic heterocycles.